The van der Waals surface area contributed by atoms with E-state index in [0.29, 0.717) is 17.5 Å². The zero-order chi connectivity index (χ0) is 39.6. The van der Waals surface area contributed by atoms with Crippen molar-refractivity contribution in [3.63, 3.8) is 0 Å². The first-order valence-electron chi connectivity index (χ1n) is 19.7. The Balaban J connectivity index is 0.958. The van der Waals surface area contributed by atoms with E-state index in [1.54, 1.807) is 0 Å². The average molecular weight is 803 g/mol. The van der Waals surface area contributed by atoms with Crippen LogP contribution in [-0.4, -0.2) is 28.7 Å². The van der Waals surface area contributed by atoms with E-state index in [0.717, 1.165) is 77.3 Å². The van der Waals surface area contributed by atoms with Gasteiger partial charge in [-0.3, -0.25) is 0 Å². The molecule has 0 amide bonds. The number of pyridine rings is 1. The fourth-order valence-electron chi connectivity index (χ4n) is 8.32. The molecule has 12 aromatic rings. The first-order chi connectivity index (χ1) is 29.7. The van der Waals surface area contributed by atoms with E-state index in [1.165, 1.54) is 37.5 Å². The van der Waals surface area contributed by atoms with Gasteiger partial charge in [-0.2, -0.15) is 8.75 Å². The van der Waals surface area contributed by atoms with Crippen LogP contribution in [0.3, 0.4) is 0 Å². The first kappa shape index (κ1) is 34.5. The van der Waals surface area contributed by atoms with E-state index in [2.05, 4.69) is 140 Å². The molecule has 0 N–H and O–H groups in total. The first-order valence-corrected chi connectivity index (χ1v) is 21.2. The van der Waals surface area contributed by atoms with Crippen LogP contribution in [0.4, 0.5) is 0 Å². The molecule has 12 rings (SSSR count). The zero-order valence-corrected chi connectivity index (χ0v) is 33.5. The predicted molar refractivity (Wildman–Crippen MR) is 249 cm³/mol. The summed E-state index contributed by atoms with van der Waals surface area (Å²) in [5, 5.41) is 5.76. The van der Waals surface area contributed by atoms with Crippen LogP contribution in [0.5, 0.6) is 0 Å². The molecule has 0 aliphatic heterocycles. The maximum atomic E-state index is 5.19. The third-order valence-electron chi connectivity index (χ3n) is 11.2. The van der Waals surface area contributed by atoms with Crippen LogP contribution in [0, 0.1) is 0 Å². The summed E-state index contributed by atoms with van der Waals surface area (Å²) in [4.78, 5) is 20.3. The molecule has 0 aliphatic rings. The molecule has 8 heteroatoms. The normalized spacial score (nSPS) is 11.7. The summed E-state index contributed by atoms with van der Waals surface area (Å²) in [5.74, 6) is 1.84. The van der Waals surface area contributed by atoms with Crippen LogP contribution < -0.4 is 0 Å². The number of benzene rings is 8. The van der Waals surface area contributed by atoms with E-state index < -0.39 is 0 Å². The van der Waals surface area contributed by atoms with Gasteiger partial charge in [0, 0.05) is 64.1 Å². The Morgan fingerprint density at radius 1 is 0.350 bits per heavy atom. The molecule has 0 unspecified atom stereocenters. The summed E-state index contributed by atoms with van der Waals surface area (Å²) in [6.07, 6.45) is 0. The summed E-state index contributed by atoms with van der Waals surface area (Å²) in [6.45, 7) is 0. The second-order valence-corrected chi connectivity index (χ2v) is 16.3. The van der Waals surface area contributed by atoms with Gasteiger partial charge < -0.3 is 0 Å². The number of hydrogen-bond acceptors (Lipinski definition) is 8. The standard InChI is InChI=1S/C52H30N6S2/c1-3-12-33(13-4-1)46-42-30-41(47-48(58-60-57-47)45(42)40-17-7-9-20-43(40)53-46)32-24-28-36(29-25-32)52-55-50(34-14-5-2-6-15-34)54-51(56-52)35-26-22-31(23-27-35)37-18-11-19-39-38-16-8-10-21-44(38)59-49(37)39/h1-30H. The monoisotopic (exact) mass is 802 g/mol. The molecule has 60 heavy (non-hydrogen) atoms. The Labute approximate surface area is 352 Å². The van der Waals surface area contributed by atoms with Gasteiger partial charge in [-0.15, -0.1) is 11.3 Å². The van der Waals surface area contributed by atoms with Crippen LogP contribution in [0.25, 0.3) is 121 Å². The van der Waals surface area contributed by atoms with Gasteiger partial charge >= 0.3 is 0 Å². The Bertz CT molecular complexity index is 3580. The topological polar surface area (TPSA) is 77.3 Å². The van der Waals surface area contributed by atoms with Gasteiger partial charge in [-0.1, -0.05) is 164 Å². The minimum atomic E-state index is 0.602. The average Bonchev–Trinajstić information content (AvgIpc) is 3.98. The molecule has 4 aromatic heterocycles. The number of para-hydroxylation sites is 1. The number of nitrogens with zero attached hydrogens (tertiary/aromatic N) is 6. The zero-order valence-electron chi connectivity index (χ0n) is 31.8. The number of fused-ring (bicyclic) bond motifs is 8. The van der Waals surface area contributed by atoms with E-state index in [1.807, 2.05) is 53.8 Å². The molecule has 0 fully saturated rings. The predicted octanol–water partition coefficient (Wildman–Crippen LogP) is 13.9. The van der Waals surface area contributed by atoms with E-state index >= 15 is 0 Å². The molecule has 8 aromatic carbocycles. The number of aromatic nitrogens is 6. The van der Waals surface area contributed by atoms with Crippen molar-refractivity contribution in [2.75, 3.05) is 0 Å². The third-order valence-corrected chi connectivity index (χ3v) is 13.0. The van der Waals surface area contributed by atoms with Crippen LogP contribution >= 0.6 is 23.1 Å². The highest BCUT2D eigenvalue weighted by Crippen LogP contribution is 2.42. The summed E-state index contributed by atoms with van der Waals surface area (Å²) in [7, 11) is 0. The Kier molecular flexibility index (Phi) is 8.11. The van der Waals surface area contributed by atoms with Gasteiger partial charge in [0.2, 0.25) is 0 Å². The van der Waals surface area contributed by atoms with E-state index in [9.17, 15) is 0 Å². The fraction of sp³-hybridized carbons (Fsp3) is 0. The smallest absolute Gasteiger partial charge is 0.164 e. The highest BCUT2D eigenvalue weighted by Gasteiger charge is 2.20. The van der Waals surface area contributed by atoms with Gasteiger partial charge in [0.15, 0.2) is 17.5 Å². The fourth-order valence-corrected chi connectivity index (χ4v) is 10.1. The molecule has 0 aliphatic carbocycles. The second kappa shape index (κ2) is 14.1. The molecule has 280 valence electrons. The van der Waals surface area contributed by atoms with Gasteiger partial charge in [-0.25, -0.2) is 19.9 Å². The highest BCUT2D eigenvalue weighted by atomic mass is 32.1. The Morgan fingerprint density at radius 2 is 0.883 bits per heavy atom. The van der Waals surface area contributed by atoms with Gasteiger partial charge in [0.05, 0.1) is 22.9 Å². The van der Waals surface area contributed by atoms with Crippen molar-refractivity contribution in [3.05, 3.63) is 182 Å². The maximum Gasteiger partial charge on any atom is 0.164 e. The van der Waals surface area contributed by atoms with Crippen LogP contribution in [0.1, 0.15) is 0 Å². The van der Waals surface area contributed by atoms with Crippen molar-refractivity contribution in [1.29, 1.82) is 0 Å². The SMILES string of the molecule is c1ccc(-c2nc(-c3ccc(-c4cc5c(-c6ccccc6)nc6ccccc6c5c5nsnc45)cc3)nc(-c3ccc(-c4cccc5c4sc4ccccc45)cc3)n2)cc1. The minimum Gasteiger partial charge on any atom is -0.247 e. The lowest BCUT2D eigenvalue weighted by molar-refractivity contribution is 1.07. The molecular formula is C52H30N6S2. The lowest BCUT2D eigenvalue weighted by Crippen LogP contribution is -2.00. The lowest BCUT2D eigenvalue weighted by atomic mass is 9.94. The van der Waals surface area contributed by atoms with Crippen molar-refractivity contribution in [2.24, 2.45) is 0 Å². The molecule has 0 saturated heterocycles. The second-order valence-electron chi connectivity index (χ2n) is 14.8. The van der Waals surface area contributed by atoms with Crippen LogP contribution in [0.2, 0.25) is 0 Å². The highest BCUT2D eigenvalue weighted by molar-refractivity contribution is 7.26. The number of hydrogen-bond donors (Lipinski definition) is 0. The number of rotatable bonds is 6. The third kappa shape index (κ3) is 5.76. The molecule has 6 nitrogen and oxygen atoms in total. The van der Waals surface area contributed by atoms with Gasteiger partial charge in [0.1, 0.15) is 11.0 Å². The van der Waals surface area contributed by atoms with Gasteiger partial charge in [0.25, 0.3) is 0 Å². The quantitative estimate of drug-likeness (QED) is 0.156. The number of thiophene rings is 1. The molecule has 0 spiro atoms. The largest absolute Gasteiger partial charge is 0.247 e. The molecule has 0 atom stereocenters. The summed E-state index contributed by atoms with van der Waals surface area (Å²) in [6, 6.07) is 63.2. The molecule has 0 radical (unpaired) electrons. The maximum absolute atomic E-state index is 5.19. The van der Waals surface area contributed by atoms with Crippen LogP contribution in [0.15, 0.2) is 182 Å². The lowest BCUT2D eigenvalue weighted by Gasteiger charge is -2.13. The van der Waals surface area contributed by atoms with E-state index in [4.69, 9.17) is 28.7 Å². The minimum absolute atomic E-state index is 0.602. The Hall–Kier alpha value is -7.52. The molecule has 4 heterocycles. The Morgan fingerprint density at radius 3 is 1.58 bits per heavy atom. The van der Waals surface area contributed by atoms with Gasteiger partial charge in [-0.05, 0) is 34.9 Å². The summed E-state index contributed by atoms with van der Waals surface area (Å²) < 4.78 is 12.3. The van der Waals surface area contributed by atoms with Crippen molar-refractivity contribution in [2.45, 2.75) is 0 Å². The molecule has 0 saturated carbocycles. The van der Waals surface area contributed by atoms with E-state index in [-0.39, 0.29) is 0 Å². The van der Waals surface area contributed by atoms with Crippen molar-refractivity contribution >= 4 is 75.9 Å². The molecule has 0 bridgehead atoms. The van der Waals surface area contributed by atoms with Crippen LogP contribution in [-0.2, 0) is 0 Å². The summed E-state index contributed by atoms with van der Waals surface area (Å²) >= 11 is 3.08. The molecular weight excluding hydrogens is 773 g/mol. The van der Waals surface area contributed by atoms with Crippen molar-refractivity contribution in [3.8, 4) is 67.7 Å². The van der Waals surface area contributed by atoms with Crippen molar-refractivity contribution in [1.82, 2.24) is 28.7 Å². The van der Waals surface area contributed by atoms with Crippen molar-refractivity contribution < 1.29 is 0 Å². The summed E-state index contributed by atoms with van der Waals surface area (Å²) in [5.41, 5.74) is 11.8.